The van der Waals surface area contributed by atoms with Gasteiger partial charge in [-0.3, -0.25) is 4.90 Å². The molecule has 1 saturated heterocycles. The first kappa shape index (κ1) is 32.0. The Labute approximate surface area is 260 Å². The number of alkyl halides is 3. The lowest BCUT2D eigenvalue weighted by Gasteiger charge is -2.30. The Hall–Kier alpha value is -4.38. The van der Waals surface area contributed by atoms with Gasteiger partial charge < -0.3 is 19.3 Å². The van der Waals surface area contributed by atoms with E-state index in [1.807, 2.05) is 35.2 Å². The van der Waals surface area contributed by atoms with E-state index in [-0.39, 0.29) is 5.92 Å². The highest BCUT2D eigenvalue weighted by molar-refractivity contribution is 5.76. The van der Waals surface area contributed by atoms with Gasteiger partial charge in [-0.1, -0.05) is 54.6 Å². The highest BCUT2D eigenvalue weighted by Gasteiger charge is 2.31. The minimum atomic E-state index is -4.41. The van der Waals surface area contributed by atoms with Crippen LogP contribution in [0.1, 0.15) is 60.8 Å². The second-order valence-corrected chi connectivity index (χ2v) is 11.9. The average molecular weight is 623 g/mol. The zero-order valence-electron chi connectivity index (χ0n) is 25.3. The quantitative estimate of drug-likeness (QED) is 0.181. The summed E-state index contributed by atoms with van der Waals surface area (Å²) in [5.41, 5.74) is 0.855. The maximum absolute atomic E-state index is 13.1. The van der Waals surface area contributed by atoms with Gasteiger partial charge in [-0.15, -0.1) is 0 Å². The van der Waals surface area contributed by atoms with Gasteiger partial charge in [-0.2, -0.15) is 18.2 Å². The highest BCUT2D eigenvalue weighted by Crippen LogP contribution is 2.31. The number of rotatable bonds is 12. The lowest BCUT2D eigenvalue weighted by Crippen LogP contribution is -2.37. The minimum Gasteiger partial charge on any atom is -0.478 e. The number of carbonyl (C=O) groups is 1. The van der Waals surface area contributed by atoms with Gasteiger partial charge in [0.2, 0.25) is 5.89 Å². The first-order valence-electron chi connectivity index (χ1n) is 15.0. The van der Waals surface area contributed by atoms with Crippen molar-refractivity contribution in [1.29, 1.82) is 0 Å². The number of carboxylic acids is 1. The lowest BCUT2D eigenvalue weighted by atomic mass is 9.96. The van der Waals surface area contributed by atoms with E-state index in [4.69, 9.17) is 14.2 Å². The van der Waals surface area contributed by atoms with Crippen molar-refractivity contribution in [2.24, 2.45) is 0 Å². The first-order chi connectivity index (χ1) is 21.5. The summed E-state index contributed by atoms with van der Waals surface area (Å²) in [5, 5.41) is 13.6. The van der Waals surface area contributed by atoms with E-state index in [0.29, 0.717) is 42.7 Å². The Kier molecular flexibility index (Phi) is 9.77. The summed E-state index contributed by atoms with van der Waals surface area (Å²) < 4.78 is 50.8. The molecule has 4 aromatic rings. The molecule has 3 aromatic carbocycles. The summed E-state index contributed by atoms with van der Waals surface area (Å²) in [5.74, 6) is 0.464. The number of nitrogens with zero attached hydrogens (tertiary/aromatic N) is 4. The Morgan fingerprint density at radius 2 is 1.60 bits per heavy atom. The van der Waals surface area contributed by atoms with Crippen LogP contribution in [0.2, 0.25) is 0 Å². The van der Waals surface area contributed by atoms with Crippen LogP contribution in [-0.2, 0) is 30.5 Å². The van der Waals surface area contributed by atoms with Crippen LogP contribution in [-0.4, -0.2) is 51.4 Å². The highest BCUT2D eigenvalue weighted by atomic mass is 19.4. The molecule has 0 aliphatic carbocycles. The summed E-state index contributed by atoms with van der Waals surface area (Å²) in [6.45, 7) is 6.45. The number of anilines is 1. The van der Waals surface area contributed by atoms with Crippen LogP contribution in [0.15, 0.2) is 83.4 Å². The van der Waals surface area contributed by atoms with Crippen molar-refractivity contribution in [3.63, 3.8) is 0 Å². The number of ether oxygens (including phenoxy) is 1. The molecule has 11 heteroatoms. The van der Waals surface area contributed by atoms with Crippen LogP contribution >= 0.6 is 0 Å². The average Bonchev–Trinajstić information content (AvgIpc) is 3.51. The summed E-state index contributed by atoms with van der Waals surface area (Å²) in [6.07, 6.45) is -2.06. The van der Waals surface area contributed by atoms with E-state index < -0.39 is 23.3 Å². The number of aliphatic carboxylic acids is 1. The molecule has 1 aliphatic heterocycles. The molecule has 0 unspecified atom stereocenters. The van der Waals surface area contributed by atoms with Crippen molar-refractivity contribution < 1.29 is 32.3 Å². The van der Waals surface area contributed by atoms with E-state index in [1.54, 1.807) is 12.1 Å². The van der Waals surface area contributed by atoms with Crippen molar-refractivity contribution >= 4 is 11.9 Å². The summed E-state index contributed by atoms with van der Waals surface area (Å²) in [4.78, 5) is 20.5. The smallest absolute Gasteiger partial charge is 0.416 e. The molecule has 1 N–H and O–H groups in total. The predicted molar refractivity (Wildman–Crippen MR) is 163 cm³/mol. The first-order valence-corrected chi connectivity index (χ1v) is 15.0. The van der Waals surface area contributed by atoms with Gasteiger partial charge in [0.15, 0.2) is 5.60 Å². The fraction of sp³-hybridized carbons (Fsp3) is 0.382. The minimum absolute atomic E-state index is 0.133. The molecule has 5 rings (SSSR count). The Balaban J connectivity index is 1.26. The third kappa shape index (κ3) is 8.63. The van der Waals surface area contributed by atoms with Gasteiger partial charge >= 0.3 is 12.1 Å². The van der Waals surface area contributed by atoms with Gasteiger partial charge in [0.25, 0.3) is 5.95 Å². The number of benzene rings is 3. The number of carboxylic acid groups (broad SMARTS) is 1. The largest absolute Gasteiger partial charge is 0.478 e. The molecular formula is C34H37F3N4O4. The van der Waals surface area contributed by atoms with Gasteiger partial charge in [-0.05, 0) is 92.3 Å². The van der Waals surface area contributed by atoms with Gasteiger partial charge in [0, 0.05) is 25.6 Å². The summed E-state index contributed by atoms with van der Waals surface area (Å²) in [6, 6.07) is 22.6. The predicted octanol–water partition coefficient (Wildman–Crippen LogP) is 6.96. The molecule has 0 amide bonds. The van der Waals surface area contributed by atoms with Crippen molar-refractivity contribution in [3.05, 3.63) is 107 Å². The number of piperidine rings is 1. The monoisotopic (exact) mass is 622 g/mol. The van der Waals surface area contributed by atoms with Crippen LogP contribution < -0.4 is 9.64 Å². The second kappa shape index (κ2) is 13.7. The fourth-order valence-corrected chi connectivity index (χ4v) is 5.30. The Morgan fingerprint density at radius 3 is 2.22 bits per heavy atom. The molecule has 0 saturated carbocycles. The van der Waals surface area contributed by atoms with E-state index in [1.165, 1.54) is 31.5 Å². The SMILES string of the molecule is CC(C)(Oc1ccc(CCN(Cc2ccc(C(F)(F)F)cc2)c2noc(C3CCN(Cc4ccccc4)CC3)n2)cc1)C(=O)O. The molecular weight excluding hydrogens is 585 g/mol. The Morgan fingerprint density at radius 1 is 0.956 bits per heavy atom. The van der Waals surface area contributed by atoms with E-state index >= 15 is 0 Å². The van der Waals surface area contributed by atoms with Crippen LogP contribution in [0.3, 0.4) is 0 Å². The van der Waals surface area contributed by atoms with Crippen molar-refractivity contribution in [1.82, 2.24) is 15.0 Å². The molecule has 0 atom stereocenters. The maximum atomic E-state index is 13.1. The zero-order chi connectivity index (χ0) is 32.0. The van der Waals surface area contributed by atoms with E-state index in [9.17, 15) is 23.1 Å². The molecule has 2 heterocycles. The molecule has 1 aliphatic rings. The van der Waals surface area contributed by atoms with Gasteiger partial charge in [-0.25, -0.2) is 4.79 Å². The van der Waals surface area contributed by atoms with Crippen LogP contribution in [0, 0.1) is 0 Å². The van der Waals surface area contributed by atoms with Crippen molar-refractivity contribution in [3.8, 4) is 5.75 Å². The molecule has 0 spiro atoms. The molecule has 1 aromatic heterocycles. The lowest BCUT2D eigenvalue weighted by molar-refractivity contribution is -0.152. The molecule has 238 valence electrons. The Bertz CT molecular complexity index is 1530. The van der Waals surface area contributed by atoms with Crippen molar-refractivity contribution in [2.45, 2.75) is 63.9 Å². The summed E-state index contributed by atoms with van der Waals surface area (Å²) >= 11 is 0. The van der Waals surface area contributed by atoms with Crippen LogP contribution in [0.4, 0.5) is 19.1 Å². The number of hydrogen-bond donors (Lipinski definition) is 1. The fourth-order valence-electron chi connectivity index (χ4n) is 5.30. The standard InChI is InChI=1S/C34H37F3N4O4/c1-33(2,31(42)43)44-29-14-10-24(11-15-29)16-21-41(23-26-8-12-28(13-9-26)34(35,36)37)32-38-30(45-39-32)27-17-19-40(20-18-27)22-25-6-4-3-5-7-25/h3-15,27H,16-23H2,1-2H3,(H,42,43). The second-order valence-electron chi connectivity index (χ2n) is 11.9. The number of hydrogen-bond acceptors (Lipinski definition) is 7. The molecule has 0 bridgehead atoms. The summed E-state index contributed by atoms with van der Waals surface area (Å²) in [7, 11) is 0. The molecule has 1 fully saturated rings. The topological polar surface area (TPSA) is 91.9 Å². The third-order valence-corrected chi connectivity index (χ3v) is 8.04. The zero-order valence-corrected chi connectivity index (χ0v) is 25.3. The number of halogens is 3. The molecule has 8 nitrogen and oxygen atoms in total. The third-order valence-electron chi connectivity index (χ3n) is 8.04. The van der Waals surface area contributed by atoms with Gasteiger partial charge in [0.1, 0.15) is 5.75 Å². The number of aromatic nitrogens is 2. The normalized spacial score (nSPS) is 14.8. The van der Waals surface area contributed by atoms with Gasteiger partial charge in [0.05, 0.1) is 5.56 Å². The maximum Gasteiger partial charge on any atom is 0.416 e. The number of likely N-dealkylation sites (tertiary alicyclic amines) is 1. The van der Waals surface area contributed by atoms with Crippen molar-refractivity contribution in [2.75, 3.05) is 24.5 Å². The molecule has 0 radical (unpaired) electrons. The van der Waals surface area contributed by atoms with E-state index in [2.05, 4.69) is 22.2 Å². The van der Waals surface area contributed by atoms with Crippen LogP contribution in [0.5, 0.6) is 5.75 Å². The van der Waals surface area contributed by atoms with E-state index in [0.717, 1.165) is 50.2 Å². The van der Waals surface area contributed by atoms with Crippen LogP contribution in [0.25, 0.3) is 0 Å². The molecule has 45 heavy (non-hydrogen) atoms.